The molecule has 0 spiro atoms. The number of nitrogens with two attached hydrogens (primary N) is 1. The fraction of sp³-hybridized carbons (Fsp3) is 0. The van der Waals surface area contributed by atoms with Gasteiger partial charge in [0.05, 0.1) is 11.2 Å². The van der Waals surface area contributed by atoms with Gasteiger partial charge in [-0.2, -0.15) is 0 Å². The Morgan fingerprint density at radius 2 is 2.00 bits per heavy atom. The Bertz CT molecular complexity index is 516. The summed E-state index contributed by atoms with van der Waals surface area (Å²) in [6.45, 7) is 0. The number of anilines is 1. The summed E-state index contributed by atoms with van der Waals surface area (Å²) in [5.41, 5.74) is 6.32. The van der Waals surface area contributed by atoms with Crippen LogP contribution in [0.25, 0.3) is 5.52 Å². The van der Waals surface area contributed by atoms with Crippen LogP contribution in [0.5, 0.6) is 5.88 Å². The number of rotatable bonds is 0. The van der Waals surface area contributed by atoms with E-state index in [9.17, 15) is 9.90 Å². The van der Waals surface area contributed by atoms with Gasteiger partial charge in [0.15, 0.2) is 5.88 Å². The number of hydrogen-bond acceptors (Lipinski definition) is 3. The highest BCUT2D eigenvalue weighted by Gasteiger charge is 2.02. The van der Waals surface area contributed by atoms with Gasteiger partial charge in [-0.05, 0) is 12.1 Å². The third kappa shape index (κ3) is 1.03. The smallest absolute Gasteiger partial charge is 0.257 e. The van der Waals surface area contributed by atoms with Crippen LogP contribution in [0, 0.1) is 0 Å². The van der Waals surface area contributed by atoms with Gasteiger partial charge in [-0.3, -0.25) is 4.79 Å². The molecule has 2 aromatic heterocycles. The Labute approximate surface area is 73.9 Å². The van der Waals surface area contributed by atoms with Crippen molar-refractivity contribution in [3.63, 3.8) is 0 Å². The number of hydrogen-bond donors (Lipinski definition) is 2. The van der Waals surface area contributed by atoms with Crippen LogP contribution in [-0.4, -0.2) is 9.51 Å². The van der Waals surface area contributed by atoms with Crippen LogP contribution in [-0.2, 0) is 0 Å². The normalized spacial score (nSPS) is 10.5. The van der Waals surface area contributed by atoms with Crippen LogP contribution in [0.2, 0.25) is 0 Å². The van der Waals surface area contributed by atoms with Gasteiger partial charge in [-0.1, -0.05) is 6.07 Å². The number of aromatic hydroxyl groups is 1. The molecule has 66 valence electrons. The molecule has 0 saturated carbocycles. The minimum Gasteiger partial charge on any atom is -0.494 e. The molecule has 0 saturated heterocycles. The number of aromatic nitrogens is 1. The van der Waals surface area contributed by atoms with Crippen LogP contribution < -0.4 is 11.3 Å². The summed E-state index contributed by atoms with van der Waals surface area (Å²) in [7, 11) is 0. The average molecular weight is 176 g/mol. The SMILES string of the molecule is Nc1ccc(O)n2c(=O)cccc12. The van der Waals surface area contributed by atoms with Crippen molar-refractivity contribution in [2.75, 3.05) is 5.73 Å². The fourth-order valence-corrected chi connectivity index (χ4v) is 1.28. The fourth-order valence-electron chi connectivity index (χ4n) is 1.28. The van der Waals surface area contributed by atoms with E-state index in [4.69, 9.17) is 5.73 Å². The van der Waals surface area contributed by atoms with Crippen molar-refractivity contribution in [3.8, 4) is 5.88 Å². The van der Waals surface area contributed by atoms with Crippen molar-refractivity contribution >= 4 is 11.2 Å². The standard InChI is InChI=1S/C9H8N2O2/c10-6-4-5-9(13)11-7(6)2-1-3-8(11)12/h1-5,13H,10H2. The van der Waals surface area contributed by atoms with Crippen LogP contribution in [0.3, 0.4) is 0 Å². The first-order valence-corrected chi connectivity index (χ1v) is 3.79. The summed E-state index contributed by atoms with van der Waals surface area (Å²) in [4.78, 5) is 11.3. The first-order valence-electron chi connectivity index (χ1n) is 3.79. The summed E-state index contributed by atoms with van der Waals surface area (Å²) in [5.74, 6) is -0.102. The van der Waals surface area contributed by atoms with Gasteiger partial charge in [0.25, 0.3) is 5.56 Å². The molecule has 13 heavy (non-hydrogen) atoms. The molecule has 0 aromatic carbocycles. The van der Waals surface area contributed by atoms with E-state index in [0.29, 0.717) is 11.2 Å². The highest BCUT2D eigenvalue weighted by Crippen LogP contribution is 2.16. The van der Waals surface area contributed by atoms with E-state index in [2.05, 4.69) is 0 Å². The van der Waals surface area contributed by atoms with Crippen LogP contribution >= 0.6 is 0 Å². The van der Waals surface area contributed by atoms with E-state index >= 15 is 0 Å². The van der Waals surface area contributed by atoms with Gasteiger partial charge in [0.2, 0.25) is 0 Å². The Morgan fingerprint density at radius 3 is 2.69 bits per heavy atom. The van der Waals surface area contributed by atoms with Gasteiger partial charge in [-0.25, -0.2) is 4.40 Å². The molecule has 3 N–H and O–H groups in total. The number of pyridine rings is 2. The molecule has 0 unspecified atom stereocenters. The third-order valence-electron chi connectivity index (χ3n) is 1.89. The minimum absolute atomic E-state index is 0.102. The Hall–Kier alpha value is -1.97. The molecule has 2 rings (SSSR count). The first kappa shape index (κ1) is 7.67. The van der Waals surface area contributed by atoms with Crippen LogP contribution in [0.15, 0.2) is 35.1 Å². The molecule has 0 fully saturated rings. The van der Waals surface area contributed by atoms with Crippen molar-refractivity contribution in [2.45, 2.75) is 0 Å². The minimum atomic E-state index is -0.290. The second-order valence-corrected chi connectivity index (χ2v) is 2.73. The van der Waals surface area contributed by atoms with E-state index in [1.807, 2.05) is 0 Å². The molecule has 4 nitrogen and oxygen atoms in total. The maximum absolute atomic E-state index is 11.3. The van der Waals surface area contributed by atoms with E-state index in [0.717, 1.165) is 4.40 Å². The number of nitrogens with zero attached hydrogens (tertiary/aromatic N) is 1. The molecule has 0 aliphatic heterocycles. The highest BCUT2D eigenvalue weighted by molar-refractivity contribution is 5.70. The largest absolute Gasteiger partial charge is 0.494 e. The molecule has 2 aromatic rings. The molecular weight excluding hydrogens is 168 g/mol. The molecular formula is C9H8N2O2. The van der Waals surface area contributed by atoms with E-state index < -0.39 is 0 Å². The zero-order valence-corrected chi connectivity index (χ0v) is 6.77. The lowest BCUT2D eigenvalue weighted by Gasteiger charge is -2.04. The predicted octanol–water partition coefficient (Wildman–Crippen LogP) is 0.587. The molecule has 0 bridgehead atoms. The van der Waals surface area contributed by atoms with E-state index in [-0.39, 0.29) is 11.4 Å². The van der Waals surface area contributed by atoms with Crippen molar-refractivity contribution in [1.82, 2.24) is 4.40 Å². The Morgan fingerprint density at radius 1 is 1.23 bits per heavy atom. The van der Waals surface area contributed by atoms with E-state index in [1.54, 1.807) is 18.2 Å². The predicted molar refractivity (Wildman–Crippen MR) is 49.7 cm³/mol. The van der Waals surface area contributed by atoms with Gasteiger partial charge in [0, 0.05) is 12.1 Å². The van der Waals surface area contributed by atoms with Crippen molar-refractivity contribution in [3.05, 3.63) is 40.7 Å². The Kier molecular flexibility index (Phi) is 1.48. The molecule has 2 heterocycles. The maximum Gasteiger partial charge on any atom is 0.257 e. The van der Waals surface area contributed by atoms with Crippen LogP contribution in [0.4, 0.5) is 5.69 Å². The molecule has 0 amide bonds. The molecule has 0 aliphatic carbocycles. The first-order chi connectivity index (χ1) is 6.20. The lowest BCUT2D eigenvalue weighted by atomic mass is 10.3. The maximum atomic E-state index is 11.3. The summed E-state index contributed by atoms with van der Waals surface area (Å²) < 4.78 is 1.16. The van der Waals surface area contributed by atoms with Crippen molar-refractivity contribution in [1.29, 1.82) is 0 Å². The highest BCUT2D eigenvalue weighted by atomic mass is 16.3. The summed E-state index contributed by atoms with van der Waals surface area (Å²) in [5, 5.41) is 9.38. The molecule has 0 radical (unpaired) electrons. The van der Waals surface area contributed by atoms with Crippen molar-refractivity contribution in [2.24, 2.45) is 0 Å². The zero-order valence-electron chi connectivity index (χ0n) is 6.77. The lowest BCUT2D eigenvalue weighted by molar-refractivity contribution is 0.444. The van der Waals surface area contributed by atoms with E-state index in [1.165, 1.54) is 12.1 Å². The van der Waals surface area contributed by atoms with Crippen LogP contribution in [0.1, 0.15) is 0 Å². The third-order valence-corrected chi connectivity index (χ3v) is 1.89. The summed E-state index contributed by atoms with van der Waals surface area (Å²) in [6.07, 6.45) is 0. The monoisotopic (exact) mass is 176 g/mol. The van der Waals surface area contributed by atoms with Gasteiger partial charge in [0.1, 0.15) is 0 Å². The van der Waals surface area contributed by atoms with Gasteiger partial charge >= 0.3 is 0 Å². The molecule has 0 atom stereocenters. The second kappa shape index (κ2) is 2.52. The topological polar surface area (TPSA) is 67.7 Å². The Balaban J connectivity index is 3.09. The lowest BCUT2D eigenvalue weighted by Crippen LogP contribution is -2.12. The quantitative estimate of drug-likeness (QED) is 0.617. The summed E-state index contributed by atoms with van der Waals surface area (Å²) >= 11 is 0. The van der Waals surface area contributed by atoms with Gasteiger partial charge < -0.3 is 10.8 Å². The van der Waals surface area contributed by atoms with Gasteiger partial charge in [-0.15, -0.1) is 0 Å². The zero-order chi connectivity index (χ0) is 9.42. The van der Waals surface area contributed by atoms with Crippen molar-refractivity contribution < 1.29 is 5.11 Å². The second-order valence-electron chi connectivity index (χ2n) is 2.73. The molecule has 0 aliphatic rings. The average Bonchev–Trinajstić information content (AvgIpc) is 2.12. The number of fused-ring (bicyclic) bond motifs is 1. The number of nitrogen functional groups attached to an aromatic ring is 1. The summed E-state index contributed by atoms with van der Waals surface area (Å²) in [6, 6.07) is 7.60. The molecule has 4 heteroatoms.